The fourth-order valence-electron chi connectivity index (χ4n) is 3.44. The van der Waals surface area contributed by atoms with Crippen LogP contribution in [0.3, 0.4) is 0 Å². The summed E-state index contributed by atoms with van der Waals surface area (Å²) >= 11 is 0. The van der Waals surface area contributed by atoms with Gasteiger partial charge in [0.1, 0.15) is 5.82 Å². The molecule has 23 heavy (non-hydrogen) atoms. The molecule has 0 amide bonds. The van der Waals surface area contributed by atoms with Gasteiger partial charge in [0.15, 0.2) is 11.6 Å². The smallest absolute Gasteiger partial charge is 0.201 e. The van der Waals surface area contributed by atoms with Gasteiger partial charge in [-0.15, -0.1) is 0 Å². The third kappa shape index (κ3) is 1.99. The molecule has 0 radical (unpaired) electrons. The maximum absolute atomic E-state index is 14.9. The molecule has 4 rings (SSSR count). The Labute approximate surface area is 131 Å². The van der Waals surface area contributed by atoms with E-state index in [0.717, 1.165) is 12.5 Å². The first-order valence-corrected chi connectivity index (χ1v) is 7.64. The molecule has 2 aromatic rings. The molecule has 2 aliphatic rings. The van der Waals surface area contributed by atoms with Gasteiger partial charge in [-0.1, -0.05) is 19.1 Å². The fraction of sp³-hybridized carbons (Fsp3) is 0.333. The summed E-state index contributed by atoms with van der Waals surface area (Å²) in [6, 6.07) is 4.44. The summed E-state index contributed by atoms with van der Waals surface area (Å²) in [6.45, 7) is 2.64. The predicted octanol–water partition coefficient (Wildman–Crippen LogP) is 4.94. The summed E-state index contributed by atoms with van der Waals surface area (Å²) in [5.41, 5.74) is 1.18. The third-order valence-corrected chi connectivity index (χ3v) is 4.75. The second-order valence-electron chi connectivity index (χ2n) is 6.34. The Morgan fingerprint density at radius 3 is 2.43 bits per heavy atom. The van der Waals surface area contributed by atoms with Crippen LogP contribution in [-0.2, 0) is 4.74 Å². The SMILES string of the molecule is CC1CCC(c2ccc3c(c2F)-c2c-3cc(O)c(F)c2F)OC1. The van der Waals surface area contributed by atoms with Gasteiger partial charge < -0.3 is 9.84 Å². The minimum atomic E-state index is -1.35. The molecular weight excluding hydrogens is 305 g/mol. The molecule has 1 aliphatic carbocycles. The first-order chi connectivity index (χ1) is 11.0. The van der Waals surface area contributed by atoms with Gasteiger partial charge in [-0.05, 0) is 36.0 Å². The van der Waals surface area contributed by atoms with E-state index in [9.17, 15) is 18.3 Å². The van der Waals surface area contributed by atoms with Crippen molar-refractivity contribution in [2.75, 3.05) is 6.61 Å². The van der Waals surface area contributed by atoms with Gasteiger partial charge in [0.25, 0.3) is 0 Å². The molecular formula is C18H15F3O2. The van der Waals surface area contributed by atoms with Crippen molar-refractivity contribution in [1.82, 2.24) is 0 Å². The summed E-state index contributed by atoms with van der Waals surface area (Å²) in [7, 11) is 0. The lowest BCUT2D eigenvalue weighted by atomic mass is 9.77. The fourth-order valence-corrected chi connectivity index (χ4v) is 3.44. The van der Waals surface area contributed by atoms with Crippen molar-refractivity contribution in [3.05, 3.63) is 41.2 Å². The lowest BCUT2D eigenvalue weighted by molar-refractivity contribution is -0.0141. The van der Waals surface area contributed by atoms with Crippen LogP contribution in [-0.4, -0.2) is 11.7 Å². The second kappa shape index (κ2) is 4.99. The number of hydrogen-bond acceptors (Lipinski definition) is 2. The number of rotatable bonds is 1. The van der Waals surface area contributed by atoms with Gasteiger partial charge in [0.2, 0.25) is 5.82 Å². The van der Waals surface area contributed by atoms with Gasteiger partial charge in [0.05, 0.1) is 6.10 Å². The zero-order valence-corrected chi connectivity index (χ0v) is 12.5. The molecule has 1 saturated heterocycles. The van der Waals surface area contributed by atoms with Crippen molar-refractivity contribution < 1.29 is 23.0 Å². The Morgan fingerprint density at radius 1 is 1.00 bits per heavy atom. The van der Waals surface area contributed by atoms with E-state index in [1.165, 1.54) is 0 Å². The van der Waals surface area contributed by atoms with E-state index in [-0.39, 0.29) is 17.2 Å². The third-order valence-electron chi connectivity index (χ3n) is 4.75. The molecule has 2 atom stereocenters. The number of hydrogen-bond donors (Lipinski definition) is 1. The van der Waals surface area contributed by atoms with Crippen molar-refractivity contribution in [3.8, 4) is 28.0 Å². The normalized spacial score (nSPS) is 22.3. The topological polar surface area (TPSA) is 29.5 Å². The monoisotopic (exact) mass is 320 g/mol. The summed E-state index contributed by atoms with van der Waals surface area (Å²) < 4.78 is 48.2. The van der Waals surface area contributed by atoms with Gasteiger partial charge in [-0.3, -0.25) is 0 Å². The van der Waals surface area contributed by atoms with E-state index in [1.807, 2.05) is 0 Å². The number of benzene rings is 2. The average Bonchev–Trinajstić information content (AvgIpc) is 2.52. The standard InChI is InChI=1S/C18H15F3O2/c1-8-2-5-13(23-7-8)10-4-3-9-11-6-12(22)17(20)18(21)15(11)14(9)16(10)19/h3-4,6,8,13,22H,2,5,7H2,1H3. The Kier molecular flexibility index (Phi) is 3.17. The van der Waals surface area contributed by atoms with Gasteiger partial charge in [-0.25, -0.2) is 8.78 Å². The molecule has 0 saturated carbocycles. The number of aromatic hydroxyl groups is 1. The molecule has 1 heterocycles. The molecule has 2 nitrogen and oxygen atoms in total. The van der Waals surface area contributed by atoms with Crippen molar-refractivity contribution in [2.24, 2.45) is 5.92 Å². The lowest BCUT2D eigenvalue weighted by Crippen LogP contribution is -2.20. The highest BCUT2D eigenvalue weighted by molar-refractivity contribution is 6.03. The Balaban J connectivity index is 1.79. The van der Waals surface area contributed by atoms with E-state index in [1.54, 1.807) is 12.1 Å². The van der Waals surface area contributed by atoms with Crippen LogP contribution < -0.4 is 0 Å². The minimum absolute atomic E-state index is 0.0797. The quantitative estimate of drug-likeness (QED) is 0.688. The van der Waals surface area contributed by atoms with Gasteiger partial charge >= 0.3 is 0 Å². The summed E-state index contributed by atoms with van der Waals surface area (Å²) in [6.07, 6.45) is 1.29. The van der Waals surface area contributed by atoms with Crippen molar-refractivity contribution >= 4 is 0 Å². The van der Waals surface area contributed by atoms with Crippen LogP contribution in [0.1, 0.15) is 31.4 Å². The maximum Gasteiger partial charge on any atom is 0.201 e. The zero-order chi connectivity index (χ0) is 16.3. The molecule has 120 valence electrons. The van der Waals surface area contributed by atoms with E-state index < -0.39 is 23.2 Å². The molecule has 2 aromatic carbocycles. The number of phenols is 1. The molecule has 5 heteroatoms. The van der Waals surface area contributed by atoms with Crippen molar-refractivity contribution in [1.29, 1.82) is 0 Å². The largest absolute Gasteiger partial charge is 0.505 e. The highest BCUT2D eigenvalue weighted by atomic mass is 19.2. The van der Waals surface area contributed by atoms with Crippen LogP contribution >= 0.6 is 0 Å². The summed E-state index contributed by atoms with van der Waals surface area (Å²) in [4.78, 5) is 0. The lowest BCUT2D eigenvalue weighted by Gasteiger charge is -2.31. The maximum atomic E-state index is 14.9. The molecule has 0 spiro atoms. The second-order valence-corrected chi connectivity index (χ2v) is 6.34. The van der Waals surface area contributed by atoms with Crippen LogP contribution in [0.4, 0.5) is 13.2 Å². The highest BCUT2D eigenvalue weighted by Gasteiger charge is 2.35. The van der Waals surface area contributed by atoms with Gasteiger partial charge in [-0.2, -0.15) is 4.39 Å². The van der Waals surface area contributed by atoms with Crippen LogP contribution in [0.15, 0.2) is 18.2 Å². The average molecular weight is 320 g/mol. The molecule has 1 N–H and O–H groups in total. The molecule has 1 aliphatic heterocycles. The highest BCUT2D eigenvalue weighted by Crippen LogP contribution is 2.53. The summed E-state index contributed by atoms with van der Waals surface area (Å²) in [5.74, 6) is -3.43. The predicted molar refractivity (Wildman–Crippen MR) is 79.5 cm³/mol. The van der Waals surface area contributed by atoms with Crippen LogP contribution in [0.2, 0.25) is 0 Å². The molecule has 0 aromatic heterocycles. The van der Waals surface area contributed by atoms with E-state index in [4.69, 9.17) is 4.74 Å². The van der Waals surface area contributed by atoms with Crippen LogP contribution in [0.25, 0.3) is 22.3 Å². The molecule has 0 bridgehead atoms. The first-order valence-electron chi connectivity index (χ1n) is 7.64. The van der Waals surface area contributed by atoms with Crippen LogP contribution in [0, 0.1) is 23.4 Å². The van der Waals surface area contributed by atoms with E-state index >= 15 is 0 Å². The van der Waals surface area contributed by atoms with Crippen molar-refractivity contribution in [3.63, 3.8) is 0 Å². The number of phenolic OH excluding ortho intramolecular Hbond substituents is 1. The summed E-state index contributed by atoms with van der Waals surface area (Å²) in [5, 5.41) is 9.39. The van der Waals surface area contributed by atoms with Crippen molar-refractivity contribution in [2.45, 2.75) is 25.9 Å². The Hall–Kier alpha value is -2.01. The number of halogens is 3. The Bertz CT molecular complexity index is 809. The van der Waals surface area contributed by atoms with Crippen LogP contribution in [0.5, 0.6) is 5.75 Å². The number of ether oxygens (including phenoxy) is 1. The minimum Gasteiger partial charge on any atom is -0.505 e. The molecule has 2 unspecified atom stereocenters. The Morgan fingerprint density at radius 2 is 1.74 bits per heavy atom. The first kappa shape index (κ1) is 14.6. The van der Waals surface area contributed by atoms with E-state index in [2.05, 4.69) is 6.92 Å². The van der Waals surface area contributed by atoms with Gasteiger partial charge in [0, 0.05) is 23.3 Å². The zero-order valence-electron chi connectivity index (χ0n) is 12.5. The van der Waals surface area contributed by atoms with E-state index in [0.29, 0.717) is 35.6 Å². The molecule has 1 fully saturated rings. The number of fused-ring (bicyclic) bond motifs is 4.